The van der Waals surface area contributed by atoms with Crippen molar-refractivity contribution in [2.75, 3.05) is 24.2 Å². The molecule has 3 heterocycles. The molecule has 1 aliphatic heterocycles. The molecule has 0 bridgehead atoms. The van der Waals surface area contributed by atoms with Crippen LogP contribution in [0.15, 0.2) is 28.9 Å². The van der Waals surface area contributed by atoms with Gasteiger partial charge >= 0.3 is 16.3 Å². The highest BCUT2D eigenvalue weighted by atomic mass is 32.2. The number of aromatic nitrogens is 3. The van der Waals surface area contributed by atoms with Crippen molar-refractivity contribution in [1.29, 1.82) is 0 Å². The van der Waals surface area contributed by atoms with E-state index in [1.54, 1.807) is 32.3 Å². The molecule has 2 amide bonds. The second kappa shape index (κ2) is 7.33. The van der Waals surface area contributed by atoms with Crippen molar-refractivity contribution in [1.82, 2.24) is 20.1 Å². The quantitative estimate of drug-likeness (QED) is 0.433. The maximum atomic E-state index is 12.4. The third-order valence-corrected chi connectivity index (χ3v) is 5.97. The van der Waals surface area contributed by atoms with Crippen LogP contribution in [0.5, 0.6) is 0 Å². The summed E-state index contributed by atoms with van der Waals surface area (Å²) in [7, 11) is 1.60. The zero-order valence-electron chi connectivity index (χ0n) is 13.5. The maximum absolute atomic E-state index is 12.4. The van der Waals surface area contributed by atoms with Crippen LogP contribution in [0.4, 0.5) is 9.93 Å². The Balaban J connectivity index is 1.81. The zero-order valence-corrected chi connectivity index (χ0v) is 15.1. The molecule has 0 spiro atoms. The number of likely N-dealkylation sites (N-methyl/N-ethyl adjacent to an activating group) is 1. The number of carbonyl (C=O) groups excluding carboxylic acids is 2. The minimum atomic E-state index is -1.26. The first-order valence-electron chi connectivity index (χ1n) is 7.38. The molecule has 2 aromatic heterocycles. The Hall–Kier alpha value is -2.24. The van der Waals surface area contributed by atoms with E-state index < -0.39 is 23.4 Å². The number of amides is 2. The molecule has 1 aliphatic rings. The zero-order chi connectivity index (χ0) is 18.0. The number of pyridine rings is 1. The van der Waals surface area contributed by atoms with Gasteiger partial charge in [0.1, 0.15) is 5.75 Å². The molecule has 0 saturated carbocycles. The summed E-state index contributed by atoms with van der Waals surface area (Å²) >= 11 is -0.216. The molecule has 2 unspecified atom stereocenters. The molecule has 2 aromatic rings. The molecule has 0 radical (unpaired) electrons. The van der Waals surface area contributed by atoms with Gasteiger partial charge in [0.05, 0.1) is 12.1 Å². The molecule has 11 heteroatoms. The predicted octanol–water partition coefficient (Wildman–Crippen LogP) is 1.12. The lowest BCUT2D eigenvalue weighted by molar-refractivity contribution is 0.0331. The summed E-state index contributed by atoms with van der Waals surface area (Å²) in [6.45, 7) is 1.96. The third-order valence-electron chi connectivity index (χ3n) is 3.45. The number of urea groups is 1. The Labute approximate surface area is 150 Å². The van der Waals surface area contributed by atoms with Crippen LogP contribution >= 0.6 is 11.3 Å². The van der Waals surface area contributed by atoms with Crippen LogP contribution in [0.1, 0.15) is 17.3 Å². The molecule has 2 atom stereocenters. The van der Waals surface area contributed by atoms with Crippen molar-refractivity contribution < 1.29 is 18.9 Å². The van der Waals surface area contributed by atoms with E-state index in [0.29, 0.717) is 10.1 Å². The largest absolute Gasteiger partial charge is 0.610 e. The van der Waals surface area contributed by atoms with Gasteiger partial charge in [-0.05, 0) is 30.4 Å². The van der Waals surface area contributed by atoms with Gasteiger partial charge in [0.2, 0.25) is 11.4 Å². The van der Waals surface area contributed by atoms with Crippen LogP contribution in [0.25, 0.3) is 0 Å². The van der Waals surface area contributed by atoms with E-state index in [1.165, 1.54) is 16.0 Å². The Kier molecular flexibility index (Phi) is 5.16. The molecule has 1 saturated heterocycles. The van der Waals surface area contributed by atoms with E-state index in [1.807, 2.05) is 0 Å². The van der Waals surface area contributed by atoms with Crippen LogP contribution < -0.4 is 4.90 Å². The van der Waals surface area contributed by atoms with Gasteiger partial charge in [0, 0.05) is 30.6 Å². The van der Waals surface area contributed by atoms with Crippen LogP contribution in [0.2, 0.25) is 0 Å². The number of hydrogen-bond acceptors (Lipinski definition) is 8. The summed E-state index contributed by atoms with van der Waals surface area (Å²) in [6, 6.07) is 2.83. The van der Waals surface area contributed by atoms with Gasteiger partial charge < -0.3 is 14.2 Å². The van der Waals surface area contributed by atoms with E-state index in [-0.39, 0.29) is 23.3 Å². The Morgan fingerprint density at radius 2 is 2.32 bits per heavy atom. The lowest BCUT2D eigenvalue weighted by Crippen LogP contribution is -2.37. The highest BCUT2D eigenvalue weighted by Gasteiger charge is 2.41. The fourth-order valence-electron chi connectivity index (χ4n) is 2.19. The summed E-state index contributed by atoms with van der Waals surface area (Å²) in [4.78, 5) is 31.2. The summed E-state index contributed by atoms with van der Waals surface area (Å²) in [6.07, 6.45) is 2.09. The van der Waals surface area contributed by atoms with E-state index in [2.05, 4.69) is 15.2 Å². The third kappa shape index (κ3) is 3.57. The van der Waals surface area contributed by atoms with Gasteiger partial charge in [0.15, 0.2) is 0 Å². The second-order valence-corrected chi connectivity index (χ2v) is 7.99. The summed E-state index contributed by atoms with van der Waals surface area (Å²) < 4.78 is 17.6. The van der Waals surface area contributed by atoms with Crippen LogP contribution in [-0.2, 0) is 15.9 Å². The van der Waals surface area contributed by atoms with Crippen molar-refractivity contribution in [2.45, 2.75) is 17.5 Å². The minimum Gasteiger partial charge on any atom is -0.610 e. The average Bonchev–Trinajstić information content (AvgIpc) is 3.20. The fraction of sp³-hybridized carbons (Fsp3) is 0.357. The lowest BCUT2D eigenvalue weighted by Gasteiger charge is -2.19. The van der Waals surface area contributed by atoms with Gasteiger partial charge in [-0.1, -0.05) is 5.10 Å². The highest BCUT2D eigenvalue weighted by molar-refractivity contribution is 7.93. The summed E-state index contributed by atoms with van der Waals surface area (Å²) in [5.74, 6) is -0.185. The number of rotatable bonds is 5. The van der Waals surface area contributed by atoms with Crippen molar-refractivity contribution >= 4 is 39.6 Å². The molecular weight excluding hydrogens is 366 g/mol. The van der Waals surface area contributed by atoms with Gasteiger partial charge in [-0.25, -0.2) is 14.5 Å². The number of anilines is 1. The van der Waals surface area contributed by atoms with Gasteiger partial charge in [-0.3, -0.25) is 4.98 Å². The number of carbonyl (C=O) groups is 2. The van der Waals surface area contributed by atoms with Gasteiger partial charge in [0.25, 0.3) is 0 Å². The molecule has 1 fully saturated rings. The Morgan fingerprint density at radius 3 is 3.00 bits per heavy atom. The van der Waals surface area contributed by atoms with Crippen molar-refractivity contribution in [3.8, 4) is 0 Å². The topological polar surface area (TPSA) is 112 Å². The number of nitrogens with zero attached hydrogens (tertiary/aromatic N) is 5. The van der Waals surface area contributed by atoms with Crippen molar-refractivity contribution in [3.05, 3.63) is 30.1 Å². The Morgan fingerprint density at radius 1 is 1.52 bits per heavy atom. The number of esters is 1. The van der Waals surface area contributed by atoms with Crippen LogP contribution in [0, 0.1) is 0 Å². The smallest absolute Gasteiger partial charge is 0.341 e. The summed E-state index contributed by atoms with van der Waals surface area (Å²) in [5, 5.41) is 8.05. The molecule has 9 nitrogen and oxygen atoms in total. The fourth-order valence-corrected chi connectivity index (χ4v) is 4.13. The molecule has 3 rings (SSSR count). The monoisotopic (exact) mass is 381 g/mol. The van der Waals surface area contributed by atoms with E-state index in [9.17, 15) is 14.1 Å². The van der Waals surface area contributed by atoms with Crippen LogP contribution in [0.3, 0.4) is 0 Å². The van der Waals surface area contributed by atoms with E-state index >= 15 is 0 Å². The molecule has 132 valence electrons. The highest BCUT2D eigenvalue weighted by Crippen LogP contribution is 2.30. The summed E-state index contributed by atoms with van der Waals surface area (Å²) in [5.41, 5.74) is 0.287. The van der Waals surface area contributed by atoms with E-state index in [0.717, 1.165) is 11.3 Å². The number of ether oxygens (including phenoxy) is 1. The SMILES string of the molecule is CC[S+]([O-])c1nnc(N2C(=O)N(C)CC2OC(=O)c2cccnc2)s1. The van der Waals surface area contributed by atoms with Crippen molar-refractivity contribution in [2.24, 2.45) is 0 Å². The average molecular weight is 381 g/mol. The Bertz CT molecular complexity index is 772. The van der Waals surface area contributed by atoms with Crippen LogP contribution in [-0.4, -0.2) is 62.2 Å². The minimum absolute atomic E-state index is 0.191. The van der Waals surface area contributed by atoms with Gasteiger partial charge in [-0.15, -0.1) is 5.10 Å². The predicted molar refractivity (Wildman–Crippen MR) is 90.8 cm³/mol. The number of hydrogen-bond donors (Lipinski definition) is 0. The van der Waals surface area contributed by atoms with Gasteiger partial charge in [-0.2, -0.15) is 0 Å². The molecule has 0 N–H and O–H groups in total. The molecule has 0 aliphatic carbocycles. The normalized spacial score (nSPS) is 18.5. The molecular formula is C14H15N5O4S2. The molecule has 0 aromatic carbocycles. The second-order valence-electron chi connectivity index (χ2n) is 5.12. The first-order chi connectivity index (χ1) is 12.0. The lowest BCUT2D eigenvalue weighted by atomic mass is 10.3. The maximum Gasteiger partial charge on any atom is 0.341 e. The standard InChI is InChI=1S/C14H15N5O4S2/c1-3-25(22)13-17-16-12(24-13)19-10(8-18(2)14(19)21)23-11(20)9-5-4-6-15-7-9/h4-7,10H,3,8H2,1-2H3. The van der Waals surface area contributed by atoms with Crippen molar-refractivity contribution in [3.63, 3.8) is 0 Å². The van der Waals surface area contributed by atoms with E-state index in [4.69, 9.17) is 4.74 Å². The molecule has 25 heavy (non-hydrogen) atoms. The first-order valence-corrected chi connectivity index (χ1v) is 9.52. The first kappa shape index (κ1) is 17.6.